The van der Waals surface area contributed by atoms with Gasteiger partial charge < -0.3 is 33.8 Å². The van der Waals surface area contributed by atoms with Crippen molar-refractivity contribution in [1.82, 2.24) is 0 Å². The fourth-order valence-corrected chi connectivity index (χ4v) is 13.8. The highest BCUT2D eigenvalue weighted by molar-refractivity contribution is 7.47. The molecule has 0 aromatic heterocycles. The Morgan fingerprint density at radius 1 is 0.253 bits per heavy atom. The van der Waals surface area contributed by atoms with Crippen molar-refractivity contribution >= 4 is 39.5 Å². The van der Waals surface area contributed by atoms with Crippen LogP contribution in [0.5, 0.6) is 0 Å². The first-order valence-corrected chi connectivity index (χ1v) is 44.2. The predicted molar refractivity (Wildman–Crippen MR) is 404 cm³/mol. The summed E-state index contributed by atoms with van der Waals surface area (Å²) in [6.45, 7) is 14.2. The van der Waals surface area contributed by atoms with Gasteiger partial charge in [-0.2, -0.15) is 0 Å². The van der Waals surface area contributed by atoms with Crippen LogP contribution in [0.3, 0.4) is 0 Å². The van der Waals surface area contributed by atoms with Gasteiger partial charge in [0.1, 0.15) is 19.3 Å². The molecule has 0 saturated carbocycles. The topological polar surface area (TPSA) is 237 Å². The molecule has 19 heteroatoms. The van der Waals surface area contributed by atoms with E-state index in [0.717, 1.165) is 114 Å². The molecule has 17 nitrogen and oxygen atoms in total. The molecule has 588 valence electrons. The van der Waals surface area contributed by atoms with Crippen LogP contribution in [0.15, 0.2) is 0 Å². The molecule has 99 heavy (non-hydrogen) atoms. The Morgan fingerprint density at radius 2 is 0.424 bits per heavy atom. The number of carbonyl (C=O) groups excluding carboxylic acids is 4. The van der Waals surface area contributed by atoms with Crippen LogP contribution in [0.1, 0.15) is 409 Å². The lowest BCUT2D eigenvalue weighted by molar-refractivity contribution is -0.161. The van der Waals surface area contributed by atoms with E-state index in [4.69, 9.17) is 37.0 Å². The second-order valence-corrected chi connectivity index (χ2v) is 33.6. The van der Waals surface area contributed by atoms with E-state index in [1.807, 2.05) is 0 Å². The van der Waals surface area contributed by atoms with Crippen LogP contribution in [-0.2, 0) is 65.4 Å². The van der Waals surface area contributed by atoms with Gasteiger partial charge in [-0.25, -0.2) is 9.13 Å². The molecule has 0 bridgehead atoms. The van der Waals surface area contributed by atoms with Gasteiger partial charge in [-0.1, -0.05) is 357 Å². The third-order valence-electron chi connectivity index (χ3n) is 18.6. The van der Waals surface area contributed by atoms with E-state index in [1.54, 1.807) is 0 Å². The Labute approximate surface area is 607 Å². The highest BCUT2D eigenvalue weighted by Gasteiger charge is 2.30. The summed E-state index contributed by atoms with van der Waals surface area (Å²) < 4.78 is 68.6. The maximum atomic E-state index is 13.1. The quantitative estimate of drug-likeness (QED) is 0.0222. The molecule has 0 fully saturated rings. The first kappa shape index (κ1) is 97.1. The van der Waals surface area contributed by atoms with E-state index >= 15 is 0 Å². The minimum absolute atomic E-state index is 0.104. The third-order valence-corrected chi connectivity index (χ3v) is 20.5. The molecule has 0 aliphatic carbocycles. The lowest BCUT2D eigenvalue weighted by atomic mass is 10.0. The molecule has 0 rings (SSSR count). The van der Waals surface area contributed by atoms with E-state index in [1.165, 1.54) is 212 Å². The molecule has 0 aromatic carbocycles. The fourth-order valence-electron chi connectivity index (χ4n) is 12.3. The maximum absolute atomic E-state index is 13.1. The van der Waals surface area contributed by atoms with Crippen LogP contribution < -0.4 is 0 Å². The smallest absolute Gasteiger partial charge is 0.462 e. The zero-order chi connectivity index (χ0) is 73.1. The maximum Gasteiger partial charge on any atom is 0.472 e. The summed E-state index contributed by atoms with van der Waals surface area (Å²) in [6.07, 6.45) is 55.6. The summed E-state index contributed by atoms with van der Waals surface area (Å²) >= 11 is 0. The second kappa shape index (κ2) is 69.1. The third kappa shape index (κ3) is 74.1. The monoisotopic (exact) mass is 1450 g/mol. The molecule has 0 saturated heterocycles. The second-order valence-electron chi connectivity index (χ2n) is 30.7. The highest BCUT2D eigenvalue weighted by atomic mass is 31.2. The number of hydrogen-bond acceptors (Lipinski definition) is 15. The number of carbonyl (C=O) groups is 4. The molecule has 0 heterocycles. The number of rotatable bonds is 77. The molecule has 0 aromatic rings. The van der Waals surface area contributed by atoms with Crippen molar-refractivity contribution < 1.29 is 80.2 Å². The SMILES string of the molecule is CC(C)CCCCCCCCCCCCCCCCCCCCC(=O)OC[C@H](COP(=O)(O)OCC(O)COP(=O)(O)OC[C@@H](COC(=O)CCCCCCCCCCC(C)C)OC(=O)CCCCCCCCCCCC(C)C)OC(=O)CCCCCCCCCCCCCCC(C)C. The van der Waals surface area contributed by atoms with Crippen molar-refractivity contribution in [3.05, 3.63) is 0 Å². The van der Waals surface area contributed by atoms with Gasteiger partial charge in [0, 0.05) is 25.7 Å². The first-order valence-electron chi connectivity index (χ1n) is 41.2. The largest absolute Gasteiger partial charge is 0.472 e. The van der Waals surface area contributed by atoms with E-state index in [2.05, 4.69) is 55.4 Å². The Morgan fingerprint density at radius 3 is 0.626 bits per heavy atom. The number of ether oxygens (including phenoxy) is 4. The molecule has 5 atom stereocenters. The number of phosphoric acid groups is 2. The Kier molecular flexibility index (Phi) is 67.8. The van der Waals surface area contributed by atoms with Crippen LogP contribution in [0.25, 0.3) is 0 Å². The van der Waals surface area contributed by atoms with Crippen LogP contribution in [-0.4, -0.2) is 96.7 Å². The fraction of sp³-hybridized carbons (Fsp3) is 0.950. The number of hydrogen-bond donors (Lipinski definition) is 3. The molecule has 0 aliphatic heterocycles. The van der Waals surface area contributed by atoms with Crippen LogP contribution >= 0.6 is 15.6 Å². The number of unbranched alkanes of at least 4 members (excludes halogenated alkanes) is 43. The van der Waals surface area contributed by atoms with E-state index in [0.29, 0.717) is 25.7 Å². The van der Waals surface area contributed by atoms with Crippen molar-refractivity contribution in [2.75, 3.05) is 39.6 Å². The Balaban J connectivity index is 5.21. The van der Waals surface area contributed by atoms with Gasteiger partial charge >= 0.3 is 39.5 Å². The van der Waals surface area contributed by atoms with Crippen molar-refractivity contribution in [2.45, 2.75) is 427 Å². The average Bonchev–Trinajstić information content (AvgIpc) is 0.958. The summed E-state index contributed by atoms with van der Waals surface area (Å²) in [5, 5.41) is 10.6. The summed E-state index contributed by atoms with van der Waals surface area (Å²) in [5.74, 6) is 0.946. The normalized spacial score (nSPS) is 14.1. The van der Waals surface area contributed by atoms with Crippen LogP contribution in [0.2, 0.25) is 0 Å². The minimum Gasteiger partial charge on any atom is -0.462 e. The summed E-state index contributed by atoms with van der Waals surface area (Å²) in [6, 6.07) is 0. The molecule has 0 spiro atoms. The van der Waals surface area contributed by atoms with Crippen molar-refractivity contribution in [1.29, 1.82) is 0 Å². The number of phosphoric ester groups is 2. The lowest BCUT2D eigenvalue weighted by Crippen LogP contribution is -2.30. The molecule has 3 unspecified atom stereocenters. The van der Waals surface area contributed by atoms with Gasteiger partial charge in [0.2, 0.25) is 0 Å². The van der Waals surface area contributed by atoms with Crippen molar-refractivity contribution in [3.63, 3.8) is 0 Å². The predicted octanol–water partition coefficient (Wildman–Crippen LogP) is 23.6. The summed E-state index contributed by atoms with van der Waals surface area (Å²) in [5.41, 5.74) is 0. The van der Waals surface area contributed by atoms with Gasteiger partial charge in [-0.3, -0.25) is 37.3 Å². The number of aliphatic hydroxyl groups excluding tert-OH is 1. The highest BCUT2D eigenvalue weighted by Crippen LogP contribution is 2.45. The Bertz CT molecular complexity index is 1940. The first-order chi connectivity index (χ1) is 47.6. The van der Waals surface area contributed by atoms with Gasteiger partial charge in [0.05, 0.1) is 26.4 Å². The standard InChI is InChI=1S/C80H156O17P2/c1-70(2)56-48-40-32-24-19-15-13-11-9-10-12-14-16-21-27-36-44-52-60-77(82)90-66-75(96-79(84)62-54-46-38-28-22-18-17-20-25-33-41-49-57-71(3)4)68-94-98(86,87)92-64-74(81)65-93-99(88,89)95-69-76(67-91-78(83)61-53-45-37-31-30-35-43-51-59-73(7)8)97-80(85)63-55-47-39-29-23-26-34-42-50-58-72(5)6/h70-76,81H,9-69H2,1-8H3,(H,86,87)(H,88,89)/t74?,75-,76-/m1/s1. The Hall–Kier alpha value is -1.94. The average molecular weight is 1450 g/mol. The molecule has 0 aliphatic rings. The number of esters is 4. The van der Waals surface area contributed by atoms with Crippen LogP contribution in [0.4, 0.5) is 0 Å². The van der Waals surface area contributed by atoms with E-state index in [9.17, 15) is 43.2 Å². The minimum atomic E-state index is -4.96. The van der Waals surface area contributed by atoms with Gasteiger partial charge in [0.15, 0.2) is 12.2 Å². The van der Waals surface area contributed by atoms with E-state index < -0.39 is 97.5 Å². The van der Waals surface area contributed by atoms with Crippen LogP contribution in [0, 0.1) is 23.7 Å². The van der Waals surface area contributed by atoms with E-state index in [-0.39, 0.29) is 25.7 Å². The molecule has 0 amide bonds. The summed E-state index contributed by atoms with van der Waals surface area (Å²) in [7, 11) is -9.92. The van der Waals surface area contributed by atoms with Gasteiger partial charge in [0.25, 0.3) is 0 Å². The van der Waals surface area contributed by atoms with Crippen molar-refractivity contribution in [3.8, 4) is 0 Å². The summed E-state index contributed by atoms with van der Waals surface area (Å²) in [4.78, 5) is 72.9. The molecular weight excluding hydrogens is 1290 g/mol. The zero-order valence-corrected chi connectivity index (χ0v) is 66.9. The van der Waals surface area contributed by atoms with Crippen molar-refractivity contribution in [2.24, 2.45) is 23.7 Å². The lowest BCUT2D eigenvalue weighted by Gasteiger charge is -2.21. The molecule has 0 radical (unpaired) electrons. The zero-order valence-electron chi connectivity index (χ0n) is 65.1. The molecule has 3 N–H and O–H groups in total. The number of aliphatic hydroxyl groups is 1. The van der Waals surface area contributed by atoms with Gasteiger partial charge in [-0.05, 0) is 49.4 Å². The molecular formula is C80H156O17P2. The van der Waals surface area contributed by atoms with Gasteiger partial charge in [-0.15, -0.1) is 0 Å².